The van der Waals surface area contributed by atoms with Crippen molar-refractivity contribution in [2.24, 2.45) is 0 Å². The first kappa shape index (κ1) is 21.6. The van der Waals surface area contributed by atoms with Crippen LogP contribution in [0.5, 0.6) is 0 Å². The second-order valence-electron chi connectivity index (χ2n) is 7.59. The zero-order valence-electron chi connectivity index (χ0n) is 16.7. The summed E-state index contributed by atoms with van der Waals surface area (Å²) in [6.45, 7) is 6.61. The van der Waals surface area contributed by atoms with Gasteiger partial charge < -0.3 is 10.1 Å². The van der Waals surface area contributed by atoms with Gasteiger partial charge >= 0.3 is 6.09 Å². The molecule has 0 saturated carbocycles. The third-order valence-corrected chi connectivity index (χ3v) is 4.33. The van der Waals surface area contributed by atoms with Crippen LogP contribution in [0.3, 0.4) is 0 Å². The van der Waals surface area contributed by atoms with E-state index in [0.717, 1.165) is 22.9 Å². The van der Waals surface area contributed by atoms with Crippen molar-refractivity contribution in [2.75, 3.05) is 0 Å². The summed E-state index contributed by atoms with van der Waals surface area (Å²) in [6, 6.07) is 2.48. The molecule has 0 aliphatic heterocycles. The molecule has 0 fully saturated rings. The number of alkyl carbamates (subject to hydrolysis) is 1. The molecule has 0 aliphatic rings. The smallest absolute Gasteiger partial charge is 0.408 e. The van der Waals surface area contributed by atoms with E-state index in [1.165, 1.54) is 19.2 Å². The average Bonchev–Trinajstić information content (AvgIpc) is 2.62. The lowest BCUT2D eigenvalue weighted by molar-refractivity contribution is 0.0505. The normalized spacial score (nSPS) is 12.6. The first-order chi connectivity index (χ1) is 14.0. The SMILES string of the molecule is C[C@@H](NC(=O)OC(C)(C)C)c1nc2c(F)ccc(Cl)c2c(=O)n1-c1cncc(F)c1. The predicted molar refractivity (Wildman–Crippen MR) is 108 cm³/mol. The molecule has 1 aromatic carbocycles. The largest absolute Gasteiger partial charge is 0.444 e. The van der Waals surface area contributed by atoms with Gasteiger partial charge in [0.1, 0.15) is 28.6 Å². The van der Waals surface area contributed by atoms with Crippen LogP contribution in [0.25, 0.3) is 16.6 Å². The van der Waals surface area contributed by atoms with Crippen LogP contribution in [0.2, 0.25) is 5.02 Å². The number of ether oxygens (including phenoxy) is 1. The van der Waals surface area contributed by atoms with E-state index in [-0.39, 0.29) is 27.4 Å². The van der Waals surface area contributed by atoms with Crippen LogP contribution in [0.1, 0.15) is 39.6 Å². The summed E-state index contributed by atoms with van der Waals surface area (Å²) < 4.78 is 34.5. The summed E-state index contributed by atoms with van der Waals surface area (Å²) in [5, 5.41) is 2.37. The molecule has 2 heterocycles. The molecule has 158 valence electrons. The molecule has 0 spiro atoms. The number of fused-ring (bicyclic) bond motifs is 1. The first-order valence-electron chi connectivity index (χ1n) is 8.99. The Bertz CT molecular complexity index is 1190. The van der Waals surface area contributed by atoms with E-state index in [1.807, 2.05) is 0 Å². The van der Waals surface area contributed by atoms with Crippen molar-refractivity contribution in [1.29, 1.82) is 0 Å². The topological polar surface area (TPSA) is 86.1 Å². The molecule has 0 aliphatic carbocycles. The Morgan fingerprint density at radius 2 is 1.97 bits per heavy atom. The van der Waals surface area contributed by atoms with Crippen molar-refractivity contribution >= 4 is 28.6 Å². The lowest BCUT2D eigenvalue weighted by Gasteiger charge is -2.23. The maximum absolute atomic E-state index is 14.4. The fraction of sp³-hybridized carbons (Fsp3) is 0.300. The van der Waals surface area contributed by atoms with Gasteiger partial charge in [-0.25, -0.2) is 18.6 Å². The molecule has 3 aromatic rings. The van der Waals surface area contributed by atoms with Crippen LogP contribution in [0, 0.1) is 11.6 Å². The zero-order chi connectivity index (χ0) is 22.2. The summed E-state index contributed by atoms with van der Waals surface area (Å²) in [6.07, 6.45) is 1.45. The number of nitrogens with one attached hydrogen (secondary N) is 1. The molecular formula is C20H19ClF2N4O3. The lowest BCUT2D eigenvalue weighted by atomic mass is 10.2. The van der Waals surface area contributed by atoms with Crippen LogP contribution >= 0.6 is 11.6 Å². The van der Waals surface area contributed by atoms with Crippen molar-refractivity contribution in [3.8, 4) is 5.69 Å². The average molecular weight is 437 g/mol. The number of benzene rings is 1. The molecule has 0 radical (unpaired) electrons. The predicted octanol–water partition coefficient (Wildman–Crippen LogP) is 4.30. The Balaban J connectivity index is 2.23. The minimum Gasteiger partial charge on any atom is -0.444 e. The highest BCUT2D eigenvalue weighted by molar-refractivity contribution is 6.35. The Kier molecular flexibility index (Phi) is 5.76. The molecule has 10 heteroatoms. The minimum absolute atomic E-state index is 0.0127. The maximum Gasteiger partial charge on any atom is 0.408 e. The molecule has 1 atom stereocenters. The molecule has 7 nitrogen and oxygen atoms in total. The quantitative estimate of drug-likeness (QED) is 0.661. The molecule has 30 heavy (non-hydrogen) atoms. The van der Waals surface area contributed by atoms with Gasteiger partial charge in [-0.1, -0.05) is 11.6 Å². The Hall–Kier alpha value is -3.07. The fourth-order valence-electron chi connectivity index (χ4n) is 2.85. The van der Waals surface area contributed by atoms with E-state index in [0.29, 0.717) is 0 Å². The number of rotatable bonds is 3. The van der Waals surface area contributed by atoms with Crippen molar-refractivity contribution in [3.05, 3.63) is 63.4 Å². The van der Waals surface area contributed by atoms with Gasteiger partial charge in [0.25, 0.3) is 5.56 Å². The lowest BCUT2D eigenvalue weighted by Crippen LogP contribution is -2.37. The standard InChI is InChI=1S/C20H19ClF2N4O3/c1-10(25-19(29)30-20(2,3)4)17-26-16-14(23)6-5-13(21)15(16)18(28)27(17)12-7-11(22)8-24-9-12/h5-10H,1-4H3,(H,25,29)/t10-/m1/s1. The molecule has 0 bridgehead atoms. The third kappa shape index (κ3) is 4.40. The summed E-state index contributed by atoms with van der Waals surface area (Å²) in [4.78, 5) is 33.4. The number of carbonyl (C=O) groups excluding carboxylic acids is 1. The van der Waals surface area contributed by atoms with Crippen LogP contribution in [-0.2, 0) is 4.74 Å². The van der Waals surface area contributed by atoms with E-state index in [4.69, 9.17) is 16.3 Å². The van der Waals surface area contributed by atoms with Gasteiger partial charge in [0.2, 0.25) is 0 Å². The monoisotopic (exact) mass is 436 g/mol. The van der Waals surface area contributed by atoms with E-state index < -0.39 is 34.9 Å². The van der Waals surface area contributed by atoms with Crippen LogP contribution in [-0.4, -0.2) is 26.2 Å². The van der Waals surface area contributed by atoms with E-state index in [1.54, 1.807) is 20.8 Å². The van der Waals surface area contributed by atoms with Gasteiger partial charge in [0.05, 0.1) is 34.5 Å². The van der Waals surface area contributed by atoms with Crippen LogP contribution < -0.4 is 10.9 Å². The highest BCUT2D eigenvalue weighted by Gasteiger charge is 2.24. The van der Waals surface area contributed by atoms with Gasteiger partial charge in [0.15, 0.2) is 0 Å². The minimum atomic E-state index is -0.904. The maximum atomic E-state index is 14.4. The van der Waals surface area contributed by atoms with Crippen molar-refractivity contribution in [1.82, 2.24) is 19.9 Å². The van der Waals surface area contributed by atoms with Gasteiger partial charge in [0, 0.05) is 6.07 Å². The molecule has 2 aromatic heterocycles. The van der Waals surface area contributed by atoms with Gasteiger partial charge in [-0.3, -0.25) is 14.3 Å². The Labute approximate surface area is 175 Å². The summed E-state index contributed by atoms with van der Waals surface area (Å²) in [7, 11) is 0. The van der Waals surface area contributed by atoms with E-state index in [2.05, 4.69) is 15.3 Å². The molecule has 1 N–H and O–H groups in total. The Morgan fingerprint density at radius 3 is 2.60 bits per heavy atom. The molecule has 3 rings (SSSR count). The van der Waals surface area contributed by atoms with E-state index in [9.17, 15) is 18.4 Å². The summed E-state index contributed by atoms with van der Waals surface area (Å²) in [5.74, 6) is -1.50. The number of pyridine rings is 1. The molecule has 0 unspecified atom stereocenters. The number of nitrogens with zero attached hydrogens (tertiary/aromatic N) is 3. The van der Waals surface area contributed by atoms with Crippen LogP contribution in [0.15, 0.2) is 35.4 Å². The number of halogens is 3. The second-order valence-corrected chi connectivity index (χ2v) is 8.00. The third-order valence-electron chi connectivity index (χ3n) is 4.02. The van der Waals surface area contributed by atoms with Crippen LogP contribution in [0.4, 0.5) is 13.6 Å². The number of hydrogen-bond acceptors (Lipinski definition) is 5. The summed E-state index contributed by atoms with van der Waals surface area (Å²) in [5.41, 5.74) is -1.71. The van der Waals surface area contributed by atoms with Crippen molar-refractivity contribution in [3.63, 3.8) is 0 Å². The number of amides is 1. The molecular weight excluding hydrogens is 418 g/mol. The number of hydrogen-bond donors (Lipinski definition) is 1. The van der Waals surface area contributed by atoms with E-state index >= 15 is 0 Å². The van der Waals surface area contributed by atoms with Crippen molar-refractivity contribution < 1.29 is 18.3 Å². The van der Waals surface area contributed by atoms with Gasteiger partial charge in [-0.2, -0.15) is 0 Å². The fourth-order valence-corrected chi connectivity index (χ4v) is 3.08. The second kappa shape index (κ2) is 7.98. The molecule has 0 saturated heterocycles. The number of carbonyl (C=O) groups is 1. The van der Waals surface area contributed by atoms with Crippen molar-refractivity contribution in [2.45, 2.75) is 39.3 Å². The number of aromatic nitrogens is 3. The Morgan fingerprint density at radius 1 is 1.27 bits per heavy atom. The summed E-state index contributed by atoms with van der Waals surface area (Å²) >= 11 is 6.11. The zero-order valence-corrected chi connectivity index (χ0v) is 17.4. The van der Waals surface area contributed by atoms with Gasteiger partial charge in [-0.05, 0) is 39.8 Å². The highest BCUT2D eigenvalue weighted by Crippen LogP contribution is 2.25. The van der Waals surface area contributed by atoms with Gasteiger partial charge in [-0.15, -0.1) is 0 Å². The highest BCUT2D eigenvalue weighted by atomic mass is 35.5. The first-order valence-corrected chi connectivity index (χ1v) is 9.37. The molecule has 1 amide bonds.